The van der Waals surface area contributed by atoms with Crippen molar-refractivity contribution in [2.45, 2.75) is 19.0 Å². The summed E-state index contributed by atoms with van der Waals surface area (Å²) in [6.45, 7) is 0. The Hall–Kier alpha value is -1.31. The van der Waals surface area contributed by atoms with Crippen molar-refractivity contribution < 1.29 is 23.1 Å². The lowest BCUT2D eigenvalue weighted by Gasteiger charge is -2.08. The molecule has 0 amide bonds. The molecule has 1 N–H and O–H groups in total. The molecule has 10 heteroatoms. The second-order valence-corrected chi connectivity index (χ2v) is 5.95. The first kappa shape index (κ1) is 18.0. The van der Waals surface area contributed by atoms with Gasteiger partial charge in [0.1, 0.15) is 0 Å². The van der Waals surface area contributed by atoms with E-state index >= 15 is 0 Å². The Morgan fingerprint density at radius 3 is 2.13 bits per heavy atom. The standard InChI is InChI=1S/C13H8Cl3F3N2O2/c14-7-3-6(4-8(15)9(7)16)20-21-10(11(22)5-1-2-5)12(23)13(17,18)19/h3-5,23H,1-2H2/b12-10-,21-20?. The lowest BCUT2D eigenvalue weighted by atomic mass is 10.2. The molecule has 0 aliphatic heterocycles. The van der Waals surface area contributed by atoms with E-state index in [1.54, 1.807) is 0 Å². The summed E-state index contributed by atoms with van der Waals surface area (Å²) < 4.78 is 37.9. The minimum absolute atomic E-state index is 0.0135. The van der Waals surface area contributed by atoms with Crippen LogP contribution in [-0.4, -0.2) is 17.1 Å². The zero-order chi connectivity index (χ0) is 17.4. The van der Waals surface area contributed by atoms with Crippen LogP contribution in [0.5, 0.6) is 0 Å². The molecule has 1 saturated carbocycles. The lowest BCUT2D eigenvalue weighted by Crippen LogP contribution is -2.18. The van der Waals surface area contributed by atoms with E-state index in [1.165, 1.54) is 12.1 Å². The zero-order valence-corrected chi connectivity index (χ0v) is 13.4. The Balaban J connectivity index is 2.40. The third-order valence-corrected chi connectivity index (χ3v) is 4.11. The van der Waals surface area contributed by atoms with Crippen molar-refractivity contribution in [1.82, 2.24) is 0 Å². The normalized spacial score (nSPS) is 16.6. The van der Waals surface area contributed by atoms with Gasteiger partial charge in [-0.2, -0.15) is 18.3 Å². The highest BCUT2D eigenvalue weighted by atomic mass is 35.5. The summed E-state index contributed by atoms with van der Waals surface area (Å²) in [5.41, 5.74) is -1.15. The highest BCUT2D eigenvalue weighted by Crippen LogP contribution is 2.38. The van der Waals surface area contributed by atoms with Gasteiger partial charge in [0, 0.05) is 5.92 Å². The maximum atomic E-state index is 12.6. The van der Waals surface area contributed by atoms with Crippen LogP contribution in [0.3, 0.4) is 0 Å². The largest absolute Gasteiger partial charge is 0.503 e. The number of allylic oxidation sites excluding steroid dienone is 2. The summed E-state index contributed by atoms with van der Waals surface area (Å²) in [7, 11) is 0. The summed E-state index contributed by atoms with van der Waals surface area (Å²) in [6, 6.07) is 2.42. The number of carbonyl (C=O) groups is 1. The Morgan fingerprint density at radius 1 is 1.17 bits per heavy atom. The van der Waals surface area contributed by atoms with Crippen molar-refractivity contribution in [3.8, 4) is 0 Å². The number of carbonyl (C=O) groups excluding carboxylic acids is 1. The molecule has 1 aliphatic rings. The van der Waals surface area contributed by atoms with E-state index in [4.69, 9.17) is 34.8 Å². The van der Waals surface area contributed by atoms with Crippen molar-refractivity contribution in [2.24, 2.45) is 16.1 Å². The number of alkyl halides is 3. The Kier molecular flexibility index (Phi) is 5.23. The second-order valence-electron chi connectivity index (χ2n) is 4.76. The van der Waals surface area contributed by atoms with E-state index < -0.39 is 29.3 Å². The van der Waals surface area contributed by atoms with Crippen molar-refractivity contribution in [3.63, 3.8) is 0 Å². The topological polar surface area (TPSA) is 62.0 Å². The molecule has 0 saturated heterocycles. The maximum Gasteiger partial charge on any atom is 0.451 e. The number of aliphatic hydroxyl groups is 1. The lowest BCUT2D eigenvalue weighted by molar-refractivity contribution is -0.128. The Labute approximate surface area is 143 Å². The summed E-state index contributed by atoms with van der Waals surface area (Å²) in [4.78, 5) is 11.9. The molecular formula is C13H8Cl3F3N2O2. The predicted molar refractivity (Wildman–Crippen MR) is 79.4 cm³/mol. The minimum Gasteiger partial charge on any atom is -0.503 e. The molecule has 4 nitrogen and oxygen atoms in total. The van der Waals surface area contributed by atoms with Crippen LogP contribution in [0.4, 0.5) is 18.9 Å². The number of Topliss-reactive ketones (excluding diaryl/α,β-unsaturated/α-hetero) is 1. The van der Waals surface area contributed by atoms with Crippen molar-refractivity contribution in [1.29, 1.82) is 0 Å². The molecule has 23 heavy (non-hydrogen) atoms. The molecule has 0 aromatic heterocycles. The van der Waals surface area contributed by atoms with Crippen LogP contribution in [0.2, 0.25) is 15.1 Å². The second kappa shape index (κ2) is 6.67. The van der Waals surface area contributed by atoms with Gasteiger partial charge in [-0.1, -0.05) is 34.8 Å². The molecule has 1 fully saturated rings. The smallest absolute Gasteiger partial charge is 0.451 e. The van der Waals surface area contributed by atoms with E-state index in [2.05, 4.69) is 10.2 Å². The number of aliphatic hydroxyl groups excluding tert-OH is 1. The number of hydrogen-bond acceptors (Lipinski definition) is 4. The quantitative estimate of drug-likeness (QED) is 0.296. The first-order chi connectivity index (χ1) is 10.6. The van der Waals surface area contributed by atoms with E-state index in [9.17, 15) is 23.1 Å². The fourth-order valence-electron chi connectivity index (χ4n) is 1.59. The van der Waals surface area contributed by atoms with Crippen LogP contribution in [0.25, 0.3) is 0 Å². The molecule has 0 spiro atoms. The van der Waals surface area contributed by atoms with Crippen molar-refractivity contribution >= 4 is 46.3 Å². The van der Waals surface area contributed by atoms with Crippen LogP contribution in [0.1, 0.15) is 12.8 Å². The van der Waals surface area contributed by atoms with Gasteiger partial charge in [0.2, 0.25) is 5.76 Å². The van der Waals surface area contributed by atoms with E-state index in [1.807, 2.05) is 0 Å². The number of benzene rings is 1. The number of rotatable bonds is 4. The van der Waals surface area contributed by atoms with Gasteiger partial charge in [0.05, 0.1) is 20.8 Å². The van der Waals surface area contributed by atoms with Crippen LogP contribution in [-0.2, 0) is 4.79 Å². The van der Waals surface area contributed by atoms with Crippen LogP contribution < -0.4 is 0 Å². The fraction of sp³-hybridized carbons (Fsp3) is 0.308. The van der Waals surface area contributed by atoms with Gasteiger partial charge < -0.3 is 5.11 Å². The number of azo groups is 1. The first-order valence-electron chi connectivity index (χ1n) is 6.22. The zero-order valence-electron chi connectivity index (χ0n) is 11.2. The summed E-state index contributed by atoms with van der Waals surface area (Å²) in [6.07, 6.45) is -4.21. The van der Waals surface area contributed by atoms with Crippen molar-refractivity contribution in [2.75, 3.05) is 0 Å². The van der Waals surface area contributed by atoms with Gasteiger partial charge in [-0.05, 0) is 25.0 Å². The van der Waals surface area contributed by atoms with Gasteiger partial charge in [-0.25, -0.2) is 0 Å². The summed E-state index contributed by atoms with van der Waals surface area (Å²) in [5.74, 6) is -3.56. The maximum absolute atomic E-state index is 12.6. The van der Waals surface area contributed by atoms with E-state index in [0.717, 1.165) is 0 Å². The third kappa shape index (κ3) is 4.37. The average Bonchev–Trinajstić information content (AvgIpc) is 3.27. The predicted octanol–water partition coefficient (Wildman–Crippen LogP) is 6.04. The van der Waals surface area contributed by atoms with Gasteiger partial charge >= 0.3 is 6.18 Å². The van der Waals surface area contributed by atoms with Gasteiger partial charge in [-0.15, -0.1) is 5.11 Å². The molecule has 0 atom stereocenters. The summed E-state index contributed by atoms with van der Waals surface area (Å²) >= 11 is 17.3. The molecule has 1 aromatic carbocycles. The summed E-state index contributed by atoms with van der Waals surface area (Å²) in [5, 5.41) is 16.1. The van der Waals surface area contributed by atoms with Crippen molar-refractivity contribution in [3.05, 3.63) is 38.7 Å². The van der Waals surface area contributed by atoms with Crippen LogP contribution >= 0.6 is 34.8 Å². The number of hydrogen-bond donors (Lipinski definition) is 1. The van der Waals surface area contributed by atoms with E-state index in [-0.39, 0.29) is 20.8 Å². The molecular weight excluding hydrogens is 380 g/mol. The number of nitrogens with zero attached hydrogens (tertiary/aromatic N) is 2. The minimum atomic E-state index is -5.10. The molecule has 0 unspecified atom stereocenters. The first-order valence-corrected chi connectivity index (χ1v) is 7.35. The molecule has 1 aliphatic carbocycles. The third-order valence-electron chi connectivity index (χ3n) is 2.91. The Bertz CT molecular complexity index is 690. The SMILES string of the molecule is O=C(/C(N=Nc1cc(Cl)c(Cl)c(Cl)c1)=C(/O)C(F)(F)F)C1CC1. The molecule has 2 rings (SSSR count). The van der Waals surface area contributed by atoms with Gasteiger partial charge in [-0.3, -0.25) is 4.79 Å². The fourth-order valence-corrected chi connectivity index (χ4v) is 2.18. The highest BCUT2D eigenvalue weighted by Gasteiger charge is 2.42. The number of ketones is 1. The van der Waals surface area contributed by atoms with Gasteiger partial charge in [0.15, 0.2) is 11.5 Å². The molecule has 0 heterocycles. The monoisotopic (exact) mass is 386 g/mol. The molecule has 0 radical (unpaired) electrons. The van der Waals surface area contributed by atoms with Crippen LogP contribution in [0.15, 0.2) is 33.8 Å². The highest BCUT2D eigenvalue weighted by molar-refractivity contribution is 6.48. The molecule has 0 bridgehead atoms. The van der Waals surface area contributed by atoms with Crippen LogP contribution in [0, 0.1) is 5.92 Å². The number of halogens is 6. The molecule has 1 aromatic rings. The molecule has 124 valence electrons. The van der Waals surface area contributed by atoms with E-state index in [0.29, 0.717) is 12.8 Å². The van der Waals surface area contributed by atoms with Gasteiger partial charge in [0.25, 0.3) is 0 Å². The Morgan fingerprint density at radius 2 is 1.70 bits per heavy atom. The average molecular weight is 388 g/mol.